The zero-order valence-electron chi connectivity index (χ0n) is 15.2. The predicted molar refractivity (Wildman–Crippen MR) is 99.5 cm³/mol. The fraction of sp³-hybridized carbons (Fsp3) is 0.381. The van der Waals surface area contributed by atoms with Crippen LogP contribution < -0.4 is 5.32 Å². The van der Waals surface area contributed by atoms with Gasteiger partial charge in [-0.2, -0.15) is 0 Å². The molecule has 1 aliphatic rings. The number of carbonyl (C=O) groups is 1. The van der Waals surface area contributed by atoms with Gasteiger partial charge in [0, 0.05) is 17.5 Å². The molecule has 0 bridgehead atoms. The van der Waals surface area contributed by atoms with Crippen LogP contribution in [0.25, 0.3) is 0 Å². The number of nitrogens with zero attached hydrogens (tertiary/aromatic N) is 1. The van der Waals surface area contributed by atoms with Gasteiger partial charge in [-0.3, -0.25) is 4.79 Å². The van der Waals surface area contributed by atoms with Crippen LogP contribution in [-0.2, 0) is 10.2 Å². The van der Waals surface area contributed by atoms with Crippen LogP contribution in [0, 0.1) is 5.82 Å². The molecule has 1 unspecified atom stereocenters. The first-order valence-electron chi connectivity index (χ1n) is 8.90. The molecule has 2 aromatic carbocycles. The van der Waals surface area contributed by atoms with Gasteiger partial charge in [0.1, 0.15) is 12.0 Å². The summed E-state index contributed by atoms with van der Waals surface area (Å²) < 4.78 is 20.5. The molecule has 2 aromatic rings. The lowest BCUT2D eigenvalue weighted by atomic mass is 9.93. The molecule has 26 heavy (non-hydrogen) atoms. The molecule has 1 atom stereocenters. The molecule has 1 N–H and O–H groups in total. The Labute approximate surface area is 154 Å². The monoisotopic (exact) mass is 356 g/mol. The lowest BCUT2D eigenvalue weighted by molar-refractivity contribution is -0.00155. The number of carbonyl (C=O) groups excluding carboxylic acids is 1. The van der Waals surface area contributed by atoms with Crippen molar-refractivity contribution < 1.29 is 13.9 Å². The van der Waals surface area contributed by atoms with Crippen molar-refractivity contribution in [1.29, 1.82) is 0 Å². The van der Waals surface area contributed by atoms with Gasteiger partial charge >= 0.3 is 0 Å². The lowest BCUT2D eigenvalue weighted by Gasteiger charge is -2.29. The topological polar surface area (TPSA) is 41.6 Å². The van der Waals surface area contributed by atoms with Crippen LogP contribution in [0.4, 0.5) is 4.39 Å². The summed E-state index contributed by atoms with van der Waals surface area (Å²) in [7, 11) is 3.93. The van der Waals surface area contributed by atoms with Gasteiger partial charge in [-0.1, -0.05) is 36.4 Å². The summed E-state index contributed by atoms with van der Waals surface area (Å²) in [6.07, 6.45) is 1.01. The second-order valence-electron chi connectivity index (χ2n) is 7.03. The molecule has 5 heteroatoms. The fourth-order valence-electron chi connectivity index (χ4n) is 3.16. The number of amides is 1. The lowest BCUT2D eigenvalue weighted by Crippen LogP contribution is -2.46. The smallest absolute Gasteiger partial charge is 0.253 e. The predicted octanol–water partition coefficient (Wildman–Crippen LogP) is 3.19. The highest BCUT2D eigenvalue weighted by Crippen LogP contribution is 2.52. The molecule has 0 heterocycles. The SMILES string of the molecule is CN(C)CCOC(NC(=O)c1ccccc1)C1(c2ccccc2F)CC1. The Kier molecular flexibility index (Phi) is 5.69. The van der Waals surface area contributed by atoms with E-state index in [1.54, 1.807) is 24.3 Å². The van der Waals surface area contributed by atoms with Crippen LogP contribution in [0.3, 0.4) is 0 Å². The van der Waals surface area contributed by atoms with Crippen molar-refractivity contribution in [2.75, 3.05) is 27.2 Å². The van der Waals surface area contributed by atoms with Crippen molar-refractivity contribution >= 4 is 5.91 Å². The third-order valence-electron chi connectivity index (χ3n) is 4.82. The summed E-state index contributed by atoms with van der Waals surface area (Å²) in [5.74, 6) is -0.455. The van der Waals surface area contributed by atoms with E-state index in [1.165, 1.54) is 6.07 Å². The van der Waals surface area contributed by atoms with Gasteiger partial charge in [-0.25, -0.2) is 4.39 Å². The molecule has 0 spiro atoms. The second kappa shape index (κ2) is 7.98. The van der Waals surface area contributed by atoms with Gasteiger partial charge in [0.15, 0.2) is 0 Å². The Hall–Kier alpha value is -2.24. The summed E-state index contributed by atoms with van der Waals surface area (Å²) in [6.45, 7) is 1.19. The number of ether oxygens (including phenoxy) is 1. The maximum atomic E-state index is 14.4. The van der Waals surface area contributed by atoms with E-state index in [-0.39, 0.29) is 11.7 Å². The first-order chi connectivity index (χ1) is 12.5. The number of nitrogens with one attached hydrogen (secondary N) is 1. The average Bonchev–Trinajstić information content (AvgIpc) is 3.43. The minimum atomic E-state index is -0.563. The van der Waals surface area contributed by atoms with Gasteiger partial charge in [-0.15, -0.1) is 0 Å². The molecule has 1 saturated carbocycles. The Balaban J connectivity index is 1.81. The van der Waals surface area contributed by atoms with Crippen LogP contribution in [0.1, 0.15) is 28.8 Å². The van der Waals surface area contributed by atoms with Crippen molar-refractivity contribution in [3.05, 3.63) is 71.5 Å². The van der Waals surface area contributed by atoms with Gasteiger partial charge in [0.2, 0.25) is 0 Å². The summed E-state index contributed by atoms with van der Waals surface area (Å²) in [5, 5.41) is 2.99. The van der Waals surface area contributed by atoms with Crippen molar-refractivity contribution in [2.45, 2.75) is 24.5 Å². The quantitative estimate of drug-likeness (QED) is 0.739. The maximum Gasteiger partial charge on any atom is 0.253 e. The largest absolute Gasteiger partial charge is 0.356 e. The Bertz CT molecular complexity index is 745. The Morgan fingerprint density at radius 3 is 2.42 bits per heavy atom. The molecule has 0 aromatic heterocycles. The minimum absolute atomic E-state index is 0.205. The number of rotatable bonds is 8. The van der Waals surface area contributed by atoms with E-state index >= 15 is 0 Å². The fourth-order valence-corrected chi connectivity index (χ4v) is 3.16. The number of hydrogen-bond acceptors (Lipinski definition) is 3. The van der Waals surface area contributed by atoms with Gasteiger partial charge < -0.3 is 15.0 Å². The summed E-state index contributed by atoms with van der Waals surface area (Å²) in [5.41, 5.74) is 0.684. The van der Waals surface area contributed by atoms with Gasteiger partial charge in [0.05, 0.1) is 6.61 Å². The van der Waals surface area contributed by atoms with E-state index in [1.807, 2.05) is 43.3 Å². The molecule has 1 fully saturated rings. The van der Waals surface area contributed by atoms with E-state index < -0.39 is 11.6 Å². The number of likely N-dealkylation sites (N-methyl/N-ethyl adjacent to an activating group) is 1. The highest BCUT2D eigenvalue weighted by Gasteiger charge is 2.53. The van der Waals surface area contributed by atoms with Crippen molar-refractivity contribution in [3.8, 4) is 0 Å². The summed E-state index contributed by atoms with van der Waals surface area (Å²) >= 11 is 0. The van der Waals surface area contributed by atoms with E-state index in [0.29, 0.717) is 17.7 Å². The molecule has 1 amide bonds. The summed E-state index contributed by atoms with van der Waals surface area (Å²) in [4.78, 5) is 14.7. The maximum absolute atomic E-state index is 14.4. The molecule has 3 rings (SSSR count). The molecular weight excluding hydrogens is 331 g/mol. The highest BCUT2D eigenvalue weighted by molar-refractivity contribution is 5.94. The number of benzene rings is 2. The molecule has 4 nitrogen and oxygen atoms in total. The van der Waals surface area contributed by atoms with E-state index in [4.69, 9.17) is 4.74 Å². The first-order valence-corrected chi connectivity index (χ1v) is 8.90. The number of hydrogen-bond donors (Lipinski definition) is 1. The zero-order valence-corrected chi connectivity index (χ0v) is 15.2. The van der Waals surface area contributed by atoms with Crippen LogP contribution in [0.5, 0.6) is 0 Å². The first kappa shape index (κ1) is 18.5. The van der Waals surface area contributed by atoms with Crippen LogP contribution in [-0.4, -0.2) is 44.3 Å². The Morgan fingerprint density at radius 2 is 1.81 bits per heavy atom. The van der Waals surface area contributed by atoms with Crippen molar-refractivity contribution in [3.63, 3.8) is 0 Å². The standard InChI is InChI=1S/C21H25FN2O2/c1-24(2)14-15-26-20(23-19(25)16-8-4-3-5-9-16)21(12-13-21)17-10-6-7-11-18(17)22/h3-11,20H,12-15H2,1-2H3,(H,23,25). The molecule has 1 aliphatic carbocycles. The molecule has 0 saturated heterocycles. The minimum Gasteiger partial charge on any atom is -0.356 e. The third kappa shape index (κ3) is 4.11. The van der Waals surface area contributed by atoms with Crippen LogP contribution in [0.2, 0.25) is 0 Å². The van der Waals surface area contributed by atoms with Crippen molar-refractivity contribution in [2.24, 2.45) is 0 Å². The number of halogens is 1. The average molecular weight is 356 g/mol. The molecular formula is C21H25FN2O2. The van der Waals surface area contributed by atoms with E-state index in [2.05, 4.69) is 5.32 Å². The third-order valence-corrected chi connectivity index (χ3v) is 4.82. The van der Waals surface area contributed by atoms with Gasteiger partial charge in [0.25, 0.3) is 5.91 Å². The molecule has 138 valence electrons. The Morgan fingerprint density at radius 1 is 1.15 bits per heavy atom. The van der Waals surface area contributed by atoms with Gasteiger partial charge in [-0.05, 0) is 50.7 Å². The summed E-state index contributed by atoms with van der Waals surface area (Å²) in [6, 6.07) is 15.8. The molecule has 0 aliphatic heterocycles. The van der Waals surface area contributed by atoms with E-state index in [9.17, 15) is 9.18 Å². The molecule has 0 radical (unpaired) electrons. The zero-order chi connectivity index (χ0) is 18.6. The van der Waals surface area contributed by atoms with Crippen LogP contribution >= 0.6 is 0 Å². The van der Waals surface area contributed by atoms with Crippen LogP contribution in [0.15, 0.2) is 54.6 Å². The highest BCUT2D eigenvalue weighted by atomic mass is 19.1. The van der Waals surface area contributed by atoms with E-state index in [0.717, 1.165) is 19.4 Å². The van der Waals surface area contributed by atoms with Crippen molar-refractivity contribution in [1.82, 2.24) is 10.2 Å². The second-order valence-corrected chi connectivity index (χ2v) is 7.03. The normalized spacial score (nSPS) is 16.3.